The summed E-state index contributed by atoms with van der Waals surface area (Å²) in [5.74, 6) is 1.87. The molecule has 4 aromatic rings. The largest absolute Gasteiger partial charge is 0.338 e. The molecule has 8 heteroatoms. The Labute approximate surface area is 153 Å². The van der Waals surface area contributed by atoms with E-state index < -0.39 is 0 Å². The van der Waals surface area contributed by atoms with Crippen molar-refractivity contribution in [2.75, 3.05) is 0 Å². The van der Waals surface area contributed by atoms with Gasteiger partial charge in [0.25, 0.3) is 0 Å². The average molecular weight is 367 g/mol. The minimum absolute atomic E-state index is 0.301. The molecule has 6 nitrogen and oxygen atoms in total. The Bertz CT molecular complexity index is 1010. The number of thioether (sulfide) groups is 1. The first kappa shape index (κ1) is 16.5. The lowest BCUT2D eigenvalue weighted by Crippen LogP contribution is -1.95. The van der Waals surface area contributed by atoms with Crippen LogP contribution in [0.25, 0.3) is 22.8 Å². The molecule has 2 aromatic heterocycles. The quantitative estimate of drug-likeness (QED) is 0.497. The van der Waals surface area contributed by atoms with Crippen molar-refractivity contribution in [2.24, 2.45) is 7.05 Å². The summed E-state index contributed by atoms with van der Waals surface area (Å²) in [5.41, 5.74) is 1.71. The van der Waals surface area contributed by atoms with Gasteiger partial charge >= 0.3 is 0 Å². The molecule has 0 unspecified atom stereocenters. The van der Waals surface area contributed by atoms with Gasteiger partial charge in [0.05, 0.1) is 5.75 Å². The second-order valence-electron chi connectivity index (χ2n) is 5.54. The number of rotatable bonds is 5. The smallest absolute Gasteiger partial charge is 0.237 e. The number of aromatic nitrogens is 5. The predicted octanol–water partition coefficient (Wildman–Crippen LogP) is 3.96. The fraction of sp³-hybridized carbons (Fsp3) is 0.111. The molecule has 2 heterocycles. The number of hydrogen-bond donors (Lipinski definition) is 0. The van der Waals surface area contributed by atoms with E-state index >= 15 is 0 Å². The second kappa shape index (κ2) is 7.09. The molecular weight excluding hydrogens is 353 g/mol. The van der Waals surface area contributed by atoms with Gasteiger partial charge in [-0.15, -0.1) is 10.2 Å². The lowest BCUT2D eigenvalue weighted by molar-refractivity contribution is 0.391. The molecule has 0 aliphatic rings. The van der Waals surface area contributed by atoms with Crippen LogP contribution in [0.4, 0.5) is 4.39 Å². The Morgan fingerprint density at radius 1 is 1.00 bits per heavy atom. The van der Waals surface area contributed by atoms with Gasteiger partial charge in [-0.25, -0.2) is 4.39 Å². The van der Waals surface area contributed by atoms with Crippen molar-refractivity contribution in [1.29, 1.82) is 0 Å². The molecule has 0 aliphatic heterocycles. The summed E-state index contributed by atoms with van der Waals surface area (Å²) < 4.78 is 20.2. The predicted molar refractivity (Wildman–Crippen MR) is 95.7 cm³/mol. The molecule has 130 valence electrons. The van der Waals surface area contributed by atoms with Gasteiger partial charge in [-0.05, 0) is 24.3 Å². The van der Waals surface area contributed by atoms with Crippen LogP contribution >= 0.6 is 11.8 Å². The van der Waals surface area contributed by atoms with Crippen LogP contribution in [0.5, 0.6) is 0 Å². The Morgan fingerprint density at radius 2 is 1.77 bits per heavy atom. The van der Waals surface area contributed by atoms with Crippen LogP contribution < -0.4 is 0 Å². The Hall–Kier alpha value is -3.00. The molecule has 0 radical (unpaired) electrons. The summed E-state index contributed by atoms with van der Waals surface area (Å²) in [6, 6.07) is 15.8. The highest BCUT2D eigenvalue weighted by atomic mass is 32.2. The zero-order valence-corrected chi connectivity index (χ0v) is 14.7. The maximum Gasteiger partial charge on any atom is 0.237 e. The van der Waals surface area contributed by atoms with Crippen LogP contribution in [0.15, 0.2) is 64.3 Å². The standard InChI is InChI=1S/C18H14FN5OS/c1-24-17(13-5-3-2-4-6-13)21-22-18(24)26-11-15-20-16(23-25-15)12-7-9-14(19)10-8-12/h2-10H,11H2,1H3. The van der Waals surface area contributed by atoms with Crippen LogP contribution in [0.1, 0.15) is 5.89 Å². The first-order chi connectivity index (χ1) is 12.7. The first-order valence-corrected chi connectivity index (χ1v) is 8.85. The van der Waals surface area contributed by atoms with Gasteiger partial charge in [0.1, 0.15) is 5.82 Å². The molecule has 0 aliphatic carbocycles. The fourth-order valence-corrected chi connectivity index (χ4v) is 3.18. The molecule has 0 saturated carbocycles. The summed E-state index contributed by atoms with van der Waals surface area (Å²) in [6.45, 7) is 0. The highest BCUT2D eigenvalue weighted by Crippen LogP contribution is 2.25. The Kier molecular flexibility index (Phi) is 4.49. The van der Waals surface area contributed by atoms with Gasteiger partial charge in [0.15, 0.2) is 11.0 Å². The lowest BCUT2D eigenvalue weighted by atomic mass is 10.2. The minimum Gasteiger partial charge on any atom is -0.338 e. The average Bonchev–Trinajstić information content (AvgIpc) is 3.28. The molecule has 4 rings (SSSR count). The van der Waals surface area contributed by atoms with Gasteiger partial charge in [0, 0.05) is 18.2 Å². The minimum atomic E-state index is -0.301. The number of halogens is 1. The summed E-state index contributed by atoms with van der Waals surface area (Å²) in [4.78, 5) is 4.34. The van der Waals surface area contributed by atoms with Crippen molar-refractivity contribution in [2.45, 2.75) is 10.9 Å². The third-order valence-electron chi connectivity index (χ3n) is 3.76. The van der Waals surface area contributed by atoms with E-state index in [1.165, 1.54) is 23.9 Å². The van der Waals surface area contributed by atoms with E-state index in [-0.39, 0.29) is 5.82 Å². The lowest BCUT2D eigenvalue weighted by Gasteiger charge is -2.02. The van der Waals surface area contributed by atoms with Crippen molar-refractivity contribution in [3.05, 3.63) is 66.3 Å². The van der Waals surface area contributed by atoms with Crippen molar-refractivity contribution in [1.82, 2.24) is 24.9 Å². The third-order valence-corrected chi connectivity index (χ3v) is 4.77. The molecule has 0 bridgehead atoms. The SMILES string of the molecule is Cn1c(SCc2nc(-c3ccc(F)cc3)no2)nnc1-c1ccccc1. The number of benzene rings is 2. The van der Waals surface area contributed by atoms with E-state index in [0.29, 0.717) is 23.0 Å². The normalized spacial score (nSPS) is 11.0. The summed E-state index contributed by atoms with van der Waals surface area (Å²) >= 11 is 1.46. The van der Waals surface area contributed by atoms with Crippen LogP contribution in [-0.2, 0) is 12.8 Å². The second-order valence-corrected chi connectivity index (χ2v) is 6.48. The molecule has 26 heavy (non-hydrogen) atoms. The summed E-state index contributed by atoms with van der Waals surface area (Å²) in [5, 5.41) is 13.2. The van der Waals surface area contributed by atoms with Crippen LogP contribution in [0.2, 0.25) is 0 Å². The van der Waals surface area contributed by atoms with Crippen LogP contribution in [0.3, 0.4) is 0 Å². The third kappa shape index (κ3) is 3.36. The molecule has 0 N–H and O–H groups in total. The van der Waals surface area contributed by atoms with Crippen molar-refractivity contribution >= 4 is 11.8 Å². The zero-order valence-electron chi connectivity index (χ0n) is 13.8. The van der Waals surface area contributed by atoms with E-state index in [2.05, 4.69) is 20.3 Å². The van der Waals surface area contributed by atoms with Gasteiger partial charge in [-0.2, -0.15) is 4.98 Å². The summed E-state index contributed by atoms with van der Waals surface area (Å²) in [6.07, 6.45) is 0. The summed E-state index contributed by atoms with van der Waals surface area (Å²) in [7, 11) is 1.92. The van der Waals surface area contributed by atoms with E-state index in [4.69, 9.17) is 4.52 Å². The molecule has 0 amide bonds. The topological polar surface area (TPSA) is 69.6 Å². The number of hydrogen-bond acceptors (Lipinski definition) is 6. The molecular formula is C18H14FN5OS. The molecule has 0 saturated heterocycles. The highest BCUT2D eigenvalue weighted by Gasteiger charge is 2.14. The molecule has 0 atom stereocenters. The highest BCUT2D eigenvalue weighted by molar-refractivity contribution is 7.98. The van der Waals surface area contributed by atoms with E-state index in [9.17, 15) is 4.39 Å². The van der Waals surface area contributed by atoms with Gasteiger partial charge < -0.3 is 9.09 Å². The zero-order chi connectivity index (χ0) is 17.9. The van der Waals surface area contributed by atoms with Crippen molar-refractivity contribution < 1.29 is 8.91 Å². The van der Waals surface area contributed by atoms with Crippen LogP contribution in [0, 0.1) is 5.82 Å². The van der Waals surface area contributed by atoms with Gasteiger partial charge in [-0.3, -0.25) is 0 Å². The fourth-order valence-electron chi connectivity index (χ4n) is 2.44. The van der Waals surface area contributed by atoms with Crippen molar-refractivity contribution in [3.8, 4) is 22.8 Å². The Balaban J connectivity index is 1.47. The van der Waals surface area contributed by atoms with Gasteiger partial charge in [0.2, 0.25) is 11.7 Å². The molecule has 2 aromatic carbocycles. The van der Waals surface area contributed by atoms with Gasteiger partial charge in [-0.1, -0.05) is 47.3 Å². The van der Waals surface area contributed by atoms with Crippen molar-refractivity contribution in [3.63, 3.8) is 0 Å². The van der Waals surface area contributed by atoms with E-state index in [1.807, 2.05) is 41.9 Å². The molecule has 0 spiro atoms. The van der Waals surface area contributed by atoms with E-state index in [1.54, 1.807) is 12.1 Å². The maximum absolute atomic E-state index is 13.0. The number of nitrogens with zero attached hydrogens (tertiary/aromatic N) is 5. The first-order valence-electron chi connectivity index (χ1n) is 7.87. The van der Waals surface area contributed by atoms with Crippen LogP contribution in [-0.4, -0.2) is 24.9 Å². The molecule has 0 fully saturated rings. The monoisotopic (exact) mass is 367 g/mol. The maximum atomic E-state index is 13.0. The van der Waals surface area contributed by atoms with E-state index in [0.717, 1.165) is 16.5 Å². The Morgan fingerprint density at radius 3 is 2.54 bits per heavy atom.